The first-order valence-corrected chi connectivity index (χ1v) is 11.2. The van der Waals surface area contributed by atoms with Crippen molar-refractivity contribution in [3.05, 3.63) is 59.9 Å². The Morgan fingerprint density at radius 3 is 2.59 bits per heavy atom. The van der Waals surface area contributed by atoms with Crippen LogP contribution in [0.25, 0.3) is 11.0 Å². The summed E-state index contributed by atoms with van der Waals surface area (Å²) in [4.78, 5) is 8.24. The predicted molar refractivity (Wildman–Crippen MR) is 106 cm³/mol. The van der Waals surface area contributed by atoms with Crippen LogP contribution in [0.15, 0.2) is 53.6 Å². The number of benzene rings is 1. The fourth-order valence-electron chi connectivity index (χ4n) is 3.87. The van der Waals surface area contributed by atoms with Gasteiger partial charge in [0.05, 0.1) is 4.90 Å². The monoisotopic (exact) mass is 384 g/mol. The van der Waals surface area contributed by atoms with Gasteiger partial charge in [0, 0.05) is 42.7 Å². The van der Waals surface area contributed by atoms with Gasteiger partial charge in [-0.05, 0) is 61.1 Å². The van der Waals surface area contributed by atoms with Gasteiger partial charge in [-0.1, -0.05) is 12.1 Å². The quantitative estimate of drug-likeness (QED) is 0.724. The van der Waals surface area contributed by atoms with Gasteiger partial charge in [-0.2, -0.15) is 0 Å². The summed E-state index contributed by atoms with van der Waals surface area (Å²) in [5.41, 5.74) is 3.14. The summed E-state index contributed by atoms with van der Waals surface area (Å²) in [5.74, 6) is 0.772. The molecular formula is C21H24N2O3S. The molecule has 6 heteroatoms. The Bertz CT molecular complexity index is 986. The minimum atomic E-state index is -3.19. The second kappa shape index (κ2) is 7.44. The van der Waals surface area contributed by atoms with E-state index >= 15 is 0 Å². The zero-order chi connectivity index (χ0) is 18.9. The predicted octanol–water partition coefficient (Wildman–Crippen LogP) is 3.92. The van der Waals surface area contributed by atoms with E-state index in [1.165, 1.54) is 6.26 Å². The minimum Gasteiger partial charge on any atom is -0.381 e. The fourth-order valence-corrected chi connectivity index (χ4v) is 4.50. The lowest BCUT2D eigenvalue weighted by Crippen LogP contribution is -2.18. The number of aromatic amines is 1. The zero-order valence-electron chi connectivity index (χ0n) is 15.4. The topological polar surface area (TPSA) is 72.1 Å². The van der Waals surface area contributed by atoms with E-state index in [-0.39, 0.29) is 5.92 Å². The molecule has 1 aliphatic heterocycles. The van der Waals surface area contributed by atoms with Crippen LogP contribution < -0.4 is 0 Å². The second-order valence-corrected chi connectivity index (χ2v) is 9.37. The molecule has 0 bridgehead atoms. The van der Waals surface area contributed by atoms with Crippen LogP contribution in [-0.4, -0.2) is 37.9 Å². The van der Waals surface area contributed by atoms with E-state index in [0.717, 1.165) is 54.8 Å². The van der Waals surface area contributed by atoms with Gasteiger partial charge in [0.1, 0.15) is 5.65 Å². The van der Waals surface area contributed by atoms with Crippen molar-refractivity contribution in [1.82, 2.24) is 9.97 Å². The van der Waals surface area contributed by atoms with Crippen LogP contribution in [0.4, 0.5) is 0 Å². The van der Waals surface area contributed by atoms with Gasteiger partial charge in [-0.3, -0.25) is 0 Å². The Kier molecular flexibility index (Phi) is 5.02. The molecule has 0 radical (unpaired) electrons. The van der Waals surface area contributed by atoms with Crippen molar-refractivity contribution in [2.75, 3.05) is 19.5 Å². The van der Waals surface area contributed by atoms with Gasteiger partial charge in [0.15, 0.2) is 9.84 Å². The molecule has 2 aromatic heterocycles. The van der Waals surface area contributed by atoms with Gasteiger partial charge in [-0.25, -0.2) is 13.4 Å². The molecule has 1 fully saturated rings. The number of pyridine rings is 1. The van der Waals surface area contributed by atoms with Gasteiger partial charge in [0.25, 0.3) is 0 Å². The first-order chi connectivity index (χ1) is 13.0. The molecule has 0 saturated carbocycles. The Morgan fingerprint density at radius 1 is 1.19 bits per heavy atom. The van der Waals surface area contributed by atoms with Crippen LogP contribution >= 0.6 is 0 Å². The maximum absolute atomic E-state index is 11.8. The molecule has 0 spiro atoms. The summed E-state index contributed by atoms with van der Waals surface area (Å²) in [5, 5.41) is 1.09. The number of sulfone groups is 1. The summed E-state index contributed by atoms with van der Waals surface area (Å²) in [6.07, 6.45) is 6.17. The molecule has 1 atom stereocenters. The van der Waals surface area contributed by atoms with Crippen LogP contribution in [0.1, 0.15) is 36.4 Å². The van der Waals surface area contributed by atoms with Crippen molar-refractivity contribution in [2.45, 2.75) is 30.1 Å². The largest absolute Gasteiger partial charge is 0.381 e. The molecule has 5 nitrogen and oxygen atoms in total. The third-order valence-corrected chi connectivity index (χ3v) is 6.54. The van der Waals surface area contributed by atoms with Crippen LogP contribution in [0.2, 0.25) is 0 Å². The smallest absolute Gasteiger partial charge is 0.175 e. The Hall–Kier alpha value is -2.18. The summed E-state index contributed by atoms with van der Waals surface area (Å²) >= 11 is 0. The van der Waals surface area contributed by atoms with E-state index in [0.29, 0.717) is 10.8 Å². The number of hydrogen-bond acceptors (Lipinski definition) is 4. The van der Waals surface area contributed by atoms with Crippen LogP contribution in [0.3, 0.4) is 0 Å². The van der Waals surface area contributed by atoms with Crippen molar-refractivity contribution >= 4 is 20.9 Å². The highest BCUT2D eigenvalue weighted by Gasteiger charge is 2.24. The lowest BCUT2D eigenvalue weighted by molar-refractivity contribution is 0.0626. The highest BCUT2D eigenvalue weighted by molar-refractivity contribution is 7.90. The first kappa shape index (κ1) is 18.2. The number of nitrogens with zero attached hydrogens (tertiary/aromatic N) is 1. The average molecular weight is 385 g/mol. The third kappa shape index (κ3) is 4.06. The Labute approximate surface area is 159 Å². The van der Waals surface area contributed by atoms with Gasteiger partial charge in [0.2, 0.25) is 0 Å². The van der Waals surface area contributed by atoms with Gasteiger partial charge < -0.3 is 9.72 Å². The standard InChI is InChI=1S/C21H24N2O3S/c1-27(24,25)18-6-4-16(5-7-18)19(13-15-8-11-26-12-9-15)20-14-17-3-2-10-22-21(17)23-20/h2-7,10,14-15,19H,8-9,11-13H2,1H3,(H,22,23)/t19-/m1/s1. The molecule has 3 heterocycles. The lowest BCUT2D eigenvalue weighted by atomic mass is 9.83. The molecule has 1 aliphatic rings. The molecule has 0 aliphatic carbocycles. The van der Waals surface area contributed by atoms with Crippen molar-refractivity contribution in [3.8, 4) is 0 Å². The molecule has 1 N–H and O–H groups in total. The molecule has 1 aromatic carbocycles. The number of ether oxygens (including phenoxy) is 1. The molecule has 0 amide bonds. The maximum Gasteiger partial charge on any atom is 0.175 e. The number of nitrogens with one attached hydrogen (secondary N) is 1. The van der Waals surface area contributed by atoms with Crippen LogP contribution in [0, 0.1) is 5.92 Å². The molecule has 142 valence electrons. The third-order valence-electron chi connectivity index (χ3n) is 5.41. The van der Waals surface area contributed by atoms with Crippen molar-refractivity contribution < 1.29 is 13.2 Å². The number of aromatic nitrogens is 2. The summed E-state index contributed by atoms with van der Waals surface area (Å²) in [6.45, 7) is 1.64. The van der Waals surface area contributed by atoms with E-state index in [1.54, 1.807) is 18.3 Å². The maximum atomic E-state index is 11.8. The highest BCUT2D eigenvalue weighted by Crippen LogP contribution is 2.35. The van der Waals surface area contributed by atoms with E-state index in [9.17, 15) is 8.42 Å². The van der Waals surface area contributed by atoms with Gasteiger partial charge >= 0.3 is 0 Å². The average Bonchev–Trinajstić information content (AvgIpc) is 3.10. The van der Waals surface area contributed by atoms with Crippen LogP contribution in [-0.2, 0) is 14.6 Å². The number of hydrogen-bond donors (Lipinski definition) is 1. The zero-order valence-corrected chi connectivity index (χ0v) is 16.2. The molecule has 27 heavy (non-hydrogen) atoms. The first-order valence-electron chi connectivity index (χ1n) is 9.32. The molecule has 1 saturated heterocycles. The number of H-pyrrole nitrogens is 1. The number of rotatable bonds is 5. The highest BCUT2D eigenvalue weighted by atomic mass is 32.2. The van der Waals surface area contributed by atoms with E-state index < -0.39 is 9.84 Å². The van der Waals surface area contributed by atoms with Crippen LogP contribution in [0.5, 0.6) is 0 Å². The summed E-state index contributed by atoms with van der Waals surface area (Å²) in [7, 11) is -3.19. The van der Waals surface area contributed by atoms with Crippen molar-refractivity contribution in [1.29, 1.82) is 0 Å². The van der Waals surface area contributed by atoms with E-state index in [1.807, 2.05) is 18.2 Å². The molecular weight excluding hydrogens is 360 g/mol. The van der Waals surface area contributed by atoms with E-state index in [4.69, 9.17) is 4.74 Å². The van der Waals surface area contributed by atoms with Gasteiger partial charge in [-0.15, -0.1) is 0 Å². The summed E-state index contributed by atoms with van der Waals surface area (Å²) < 4.78 is 29.1. The molecule has 3 aromatic rings. The minimum absolute atomic E-state index is 0.177. The molecule has 0 unspecified atom stereocenters. The number of fused-ring (bicyclic) bond motifs is 1. The SMILES string of the molecule is CS(=O)(=O)c1ccc([C@@H](CC2CCOCC2)c2cc3cccnc3[nH]2)cc1. The van der Waals surface area contributed by atoms with E-state index in [2.05, 4.69) is 22.1 Å². The fraction of sp³-hybridized carbons (Fsp3) is 0.381. The second-order valence-electron chi connectivity index (χ2n) is 7.35. The normalized spacial score (nSPS) is 17.2. The van der Waals surface area contributed by atoms with Crippen molar-refractivity contribution in [2.24, 2.45) is 5.92 Å². The Morgan fingerprint density at radius 2 is 1.93 bits per heavy atom. The van der Waals surface area contributed by atoms with Crippen molar-refractivity contribution in [3.63, 3.8) is 0 Å². The Balaban J connectivity index is 1.70. The molecule has 4 rings (SSSR count). The summed E-state index contributed by atoms with van der Waals surface area (Å²) in [6, 6.07) is 13.5. The lowest BCUT2D eigenvalue weighted by Gasteiger charge is -2.26.